The zero-order chi connectivity index (χ0) is 30.6. The number of ether oxygens (including phenoxy) is 2. The van der Waals surface area contributed by atoms with E-state index in [2.05, 4.69) is 10.6 Å². The fourth-order valence-corrected chi connectivity index (χ4v) is 5.79. The van der Waals surface area contributed by atoms with Gasteiger partial charge in [0.2, 0.25) is 15.9 Å². The van der Waals surface area contributed by atoms with E-state index in [4.69, 9.17) is 9.47 Å². The number of fused-ring (bicyclic) bond motifs is 1. The summed E-state index contributed by atoms with van der Waals surface area (Å²) in [7, 11) is -3.76. The van der Waals surface area contributed by atoms with Crippen LogP contribution in [0, 0.1) is 0 Å². The summed E-state index contributed by atoms with van der Waals surface area (Å²) in [6.45, 7) is 3.30. The zero-order valence-electron chi connectivity index (χ0n) is 23.8. The van der Waals surface area contributed by atoms with E-state index in [1.165, 1.54) is 0 Å². The van der Waals surface area contributed by atoms with Gasteiger partial charge in [0.25, 0.3) is 5.91 Å². The summed E-state index contributed by atoms with van der Waals surface area (Å²) in [5, 5.41) is 6.18. The number of hydrogen-bond donors (Lipinski definition) is 2. The number of rotatable bonds is 9. The predicted octanol–water partition coefficient (Wildman–Crippen LogP) is 3.42. The number of nitrogens with zero attached hydrogens (tertiary/aromatic N) is 2. The Morgan fingerprint density at radius 2 is 1.70 bits per heavy atom. The van der Waals surface area contributed by atoms with Gasteiger partial charge in [-0.25, -0.2) is 13.2 Å². The highest BCUT2D eigenvalue weighted by atomic mass is 32.2. The first-order valence-corrected chi connectivity index (χ1v) is 15.6. The summed E-state index contributed by atoms with van der Waals surface area (Å²) in [5.41, 5.74) is 4.01. The smallest absolute Gasteiger partial charge is 0.338 e. The molecule has 3 aromatic carbocycles. The Morgan fingerprint density at radius 1 is 1.00 bits per heavy atom. The van der Waals surface area contributed by atoms with Gasteiger partial charge in [0.05, 0.1) is 54.3 Å². The van der Waals surface area contributed by atoms with E-state index in [0.29, 0.717) is 65.8 Å². The summed E-state index contributed by atoms with van der Waals surface area (Å²) < 4.78 is 36.8. The maximum Gasteiger partial charge on any atom is 0.338 e. The maximum absolute atomic E-state index is 13.3. The number of benzene rings is 3. The number of nitrogens with one attached hydrogen (secondary N) is 2. The van der Waals surface area contributed by atoms with Crippen molar-refractivity contribution in [1.82, 2.24) is 4.90 Å². The molecular weight excluding hydrogens is 572 g/mol. The molecule has 0 saturated carbocycles. The van der Waals surface area contributed by atoms with Crippen molar-refractivity contribution in [2.45, 2.75) is 6.92 Å². The van der Waals surface area contributed by atoms with Gasteiger partial charge in [0.15, 0.2) is 0 Å². The van der Waals surface area contributed by atoms with E-state index in [1.54, 1.807) is 54.3 Å². The average molecular weight is 605 g/mol. The summed E-state index contributed by atoms with van der Waals surface area (Å²) in [6, 6.07) is 20.8. The van der Waals surface area contributed by atoms with Crippen LogP contribution in [0.1, 0.15) is 28.4 Å². The Hall–Kier alpha value is -4.68. The molecule has 0 aromatic heterocycles. The molecule has 11 nitrogen and oxygen atoms in total. The molecule has 1 saturated heterocycles. The molecule has 0 atom stereocenters. The third-order valence-corrected chi connectivity index (χ3v) is 8.20. The summed E-state index contributed by atoms with van der Waals surface area (Å²) >= 11 is 0. The fraction of sp³-hybridized carbons (Fsp3) is 0.258. The van der Waals surface area contributed by atoms with Crippen molar-refractivity contribution in [2.24, 2.45) is 0 Å². The van der Waals surface area contributed by atoms with Gasteiger partial charge in [0.1, 0.15) is 6.54 Å². The van der Waals surface area contributed by atoms with Gasteiger partial charge in [0, 0.05) is 24.3 Å². The second-order valence-electron chi connectivity index (χ2n) is 9.99. The number of carbonyl (C=O) groups is 3. The lowest BCUT2D eigenvalue weighted by atomic mass is 9.99. The van der Waals surface area contributed by atoms with Gasteiger partial charge in [-0.15, -0.1) is 0 Å². The van der Waals surface area contributed by atoms with Crippen LogP contribution in [-0.4, -0.2) is 76.8 Å². The Bertz CT molecular complexity index is 1670. The largest absolute Gasteiger partial charge is 0.462 e. The Balaban J connectivity index is 1.46. The second kappa shape index (κ2) is 12.7. The first-order valence-electron chi connectivity index (χ1n) is 13.8. The molecule has 2 amide bonds. The molecule has 5 rings (SSSR count). The van der Waals surface area contributed by atoms with Crippen LogP contribution in [0.2, 0.25) is 0 Å². The highest BCUT2D eigenvalue weighted by Crippen LogP contribution is 2.38. The van der Waals surface area contributed by atoms with Crippen molar-refractivity contribution < 1.29 is 32.3 Å². The van der Waals surface area contributed by atoms with E-state index < -0.39 is 16.0 Å². The van der Waals surface area contributed by atoms with Gasteiger partial charge in [-0.05, 0) is 48.9 Å². The summed E-state index contributed by atoms with van der Waals surface area (Å²) in [4.78, 5) is 40.0. The van der Waals surface area contributed by atoms with Crippen molar-refractivity contribution in [1.29, 1.82) is 0 Å². The topological polar surface area (TPSA) is 134 Å². The highest BCUT2D eigenvalue weighted by Gasteiger charge is 2.30. The van der Waals surface area contributed by atoms with Crippen LogP contribution < -0.4 is 14.9 Å². The minimum absolute atomic E-state index is 0.237. The lowest BCUT2D eigenvalue weighted by Gasteiger charge is -2.30. The highest BCUT2D eigenvalue weighted by molar-refractivity contribution is 7.92. The van der Waals surface area contributed by atoms with Crippen molar-refractivity contribution in [3.8, 4) is 0 Å². The molecule has 2 aliphatic rings. The van der Waals surface area contributed by atoms with Crippen LogP contribution in [0.4, 0.5) is 17.1 Å². The third kappa shape index (κ3) is 6.71. The minimum Gasteiger partial charge on any atom is -0.462 e. The van der Waals surface area contributed by atoms with Crippen LogP contribution in [0.5, 0.6) is 0 Å². The molecule has 3 aromatic rings. The normalized spacial score (nSPS) is 15.8. The van der Waals surface area contributed by atoms with Gasteiger partial charge in [-0.1, -0.05) is 36.4 Å². The Morgan fingerprint density at radius 3 is 2.35 bits per heavy atom. The van der Waals surface area contributed by atoms with Crippen molar-refractivity contribution >= 4 is 56.1 Å². The zero-order valence-corrected chi connectivity index (χ0v) is 24.6. The Kier molecular flexibility index (Phi) is 8.78. The number of amides is 2. The standard InChI is InChI=1S/C31H32N4O7S/c1-3-42-31(38)22-9-14-25-26(19-22)33-30(37)28(25)29(21-7-5-4-6-8-21)32-23-10-12-24(13-11-23)35(43(2,39)40)20-27(36)34-15-17-41-18-16-34/h4-14,19,32H,3,15-18,20H2,1-2H3,(H,33,37)/b29-28-. The van der Waals surface area contributed by atoms with Crippen molar-refractivity contribution in [3.63, 3.8) is 0 Å². The molecule has 2 N–H and O–H groups in total. The van der Waals surface area contributed by atoms with E-state index in [9.17, 15) is 22.8 Å². The molecule has 224 valence electrons. The molecule has 0 spiro atoms. The van der Waals surface area contributed by atoms with Gasteiger partial charge >= 0.3 is 5.97 Å². The van der Waals surface area contributed by atoms with Crippen LogP contribution in [0.25, 0.3) is 11.3 Å². The van der Waals surface area contributed by atoms with Gasteiger partial charge < -0.3 is 25.0 Å². The molecule has 0 bridgehead atoms. The molecule has 0 unspecified atom stereocenters. The number of morpholine rings is 1. The fourth-order valence-electron chi connectivity index (χ4n) is 4.94. The lowest BCUT2D eigenvalue weighted by Crippen LogP contribution is -2.47. The maximum atomic E-state index is 13.3. The molecule has 2 aliphatic heterocycles. The van der Waals surface area contributed by atoms with Crippen LogP contribution in [0.15, 0.2) is 72.8 Å². The quantitative estimate of drug-likeness (QED) is 0.280. The molecule has 1 fully saturated rings. The van der Waals surface area contributed by atoms with Crippen molar-refractivity contribution in [2.75, 3.05) is 60.6 Å². The number of anilines is 3. The molecule has 0 aliphatic carbocycles. The lowest BCUT2D eigenvalue weighted by molar-refractivity contribution is -0.133. The Labute approximate surface area is 250 Å². The first-order chi connectivity index (χ1) is 20.7. The molecular formula is C31H32N4O7S. The van der Waals surface area contributed by atoms with Gasteiger partial charge in [-0.2, -0.15) is 0 Å². The third-order valence-electron chi connectivity index (χ3n) is 7.06. The molecule has 12 heteroatoms. The van der Waals surface area contributed by atoms with Crippen LogP contribution in [0.3, 0.4) is 0 Å². The monoisotopic (exact) mass is 604 g/mol. The van der Waals surface area contributed by atoms with Gasteiger partial charge in [-0.3, -0.25) is 13.9 Å². The first kappa shape index (κ1) is 29.8. The van der Waals surface area contributed by atoms with Crippen LogP contribution in [-0.2, 0) is 29.1 Å². The van der Waals surface area contributed by atoms with E-state index in [1.807, 2.05) is 30.3 Å². The number of esters is 1. The van der Waals surface area contributed by atoms with E-state index in [0.717, 1.165) is 16.1 Å². The number of carbonyl (C=O) groups excluding carboxylic acids is 3. The predicted molar refractivity (Wildman–Crippen MR) is 164 cm³/mol. The minimum atomic E-state index is -3.76. The second-order valence-corrected chi connectivity index (χ2v) is 11.9. The van der Waals surface area contributed by atoms with E-state index in [-0.39, 0.29) is 25.0 Å². The molecule has 2 heterocycles. The number of sulfonamides is 1. The number of hydrogen-bond acceptors (Lipinski definition) is 8. The molecule has 0 radical (unpaired) electrons. The SMILES string of the molecule is CCOC(=O)c1ccc2c(c1)NC(=O)/C2=C(\Nc1ccc(N(CC(=O)N2CCOCC2)S(C)(=O)=O)cc1)c1ccccc1. The summed E-state index contributed by atoms with van der Waals surface area (Å²) in [6.07, 6.45) is 1.06. The average Bonchev–Trinajstić information content (AvgIpc) is 3.34. The van der Waals surface area contributed by atoms with Crippen LogP contribution >= 0.6 is 0 Å². The molecule has 43 heavy (non-hydrogen) atoms. The van der Waals surface area contributed by atoms with E-state index >= 15 is 0 Å². The van der Waals surface area contributed by atoms with Crippen molar-refractivity contribution in [3.05, 3.63) is 89.5 Å². The summed E-state index contributed by atoms with van der Waals surface area (Å²) in [5.74, 6) is -1.12.